The highest BCUT2D eigenvalue weighted by molar-refractivity contribution is 5.72. The summed E-state index contributed by atoms with van der Waals surface area (Å²) < 4.78 is 11.6. The average molecular weight is 411 g/mol. The molecule has 6 heteroatoms. The van der Waals surface area contributed by atoms with Gasteiger partial charge in [-0.1, -0.05) is 58.8 Å². The van der Waals surface area contributed by atoms with Crippen LogP contribution in [-0.2, 0) is 19.1 Å². The molecule has 4 unspecified atom stereocenters. The van der Waals surface area contributed by atoms with Gasteiger partial charge in [-0.3, -0.25) is 0 Å². The van der Waals surface area contributed by atoms with E-state index in [0.717, 1.165) is 51.4 Å². The van der Waals surface area contributed by atoms with Crippen LogP contribution in [0.2, 0.25) is 0 Å². The topological polar surface area (TPSA) is 105 Å². The molecule has 2 saturated heterocycles. The molecule has 6 nitrogen and oxygen atoms in total. The van der Waals surface area contributed by atoms with E-state index < -0.39 is 17.4 Å². The zero-order valence-electron chi connectivity index (χ0n) is 18.2. The second-order valence-corrected chi connectivity index (χ2v) is 8.97. The van der Waals surface area contributed by atoms with Gasteiger partial charge in [0.15, 0.2) is 0 Å². The van der Waals surface area contributed by atoms with E-state index >= 15 is 0 Å². The summed E-state index contributed by atoms with van der Waals surface area (Å²) in [6, 6.07) is 0. The summed E-state index contributed by atoms with van der Waals surface area (Å²) in [5, 5.41) is 22.9. The van der Waals surface area contributed by atoms with Gasteiger partial charge in [0.2, 0.25) is 0 Å². The third-order valence-electron chi connectivity index (χ3n) is 6.46. The quantitative estimate of drug-likeness (QED) is 0.254. The van der Waals surface area contributed by atoms with Crippen LogP contribution in [-0.4, -0.2) is 36.4 Å². The van der Waals surface area contributed by atoms with Crippen LogP contribution in [0.1, 0.15) is 104 Å². The molecule has 2 fully saturated rings. The predicted octanol–water partition coefficient (Wildman–Crippen LogP) is 2.51. The Balaban J connectivity index is 1.91. The number of aliphatic carboxylic acids is 2. The van der Waals surface area contributed by atoms with E-state index in [2.05, 4.69) is 13.8 Å². The molecule has 4 atom stereocenters. The van der Waals surface area contributed by atoms with Gasteiger partial charge < -0.3 is 29.3 Å². The van der Waals surface area contributed by atoms with Gasteiger partial charge in [0.25, 0.3) is 0 Å². The third-order valence-corrected chi connectivity index (χ3v) is 6.46. The van der Waals surface area contributed by atoms with Crippen molar-refractivity contribution in [3.63, 3.8) is 0 Å². The van der Waals surface area contributed by atoms with Gasteiger partial charge in [-0.25, -0.2) is 0 Å². The lowest BCUT2D eigenvalue weighted by molar-refractivity contribution is -0.321. The second kappa shape index (κ2) is 11.9. The number of hydrogen-bond donors (Lipinski definition) is 0. The van der Waals surface area contributed by atoms with E-state index in [0.29, 0.717) is 32.1 Å². The van der Waals surface area contributed by atoms with Gasteiger partial charge in [-0.05, 0) is 44.9 Å². The van der Waals surface area contributed by atoms with Crippen LogP contribution in [0.3, 0.4) is 0 Å². The highest BCUT2D eigenvalue weighted by atomic mass is 16.6. The molecular formula is C23H38O6-2. The summed E-state index contributed by atoms with van der Waals surface area (Å²) in [5.74, 6) is -2.14. The smallest absolute Gasteiger partial charge is 0.0850 e. The first-order valence-corrected chi connectivity index (χ1v) is 11.6. The summed E-state index contributed by atoms with van der Waals surface area (Å²) in [6.45, 7) is 4.32. The number of unbranched alkanes of at least 4 members (excludes halogenated alkanes) is 5. The van der Waals surface area contributed by atoms with E-state index in [1.54, 1.807) is 0 Å². The molecule has 0 aromatic carbocycles. The zero-order chi connectivity index (χ0) is 21.3. The Morgan fingerprint density at radius 2 is 1.28 bits per heavy atom. The Kier molecular flexibility index (Phi) is 9.90. The molecule has 0 aromatic rings. The van der Waals surface area contributed by atoms with Crippen LogP contribution < -0.4 is 10.2 Å². The zero-order valence-corrected chi connectivity index (χ0v) is 18.2. The molecule has 0 spiro atoms. The predicted molar refractivity (Wildman–Crippen MR) is 106 cm³/mol. The lowest BCUT2D eigenvalue weighted by Gasteiger charge is -2.34. The molecule has 0 bridgehead atoms. The van der Waals surface area contributed by atoms with E-state index in [9.17, 15) is 19.8 Å². The van der Waals surface area contributed by atoms with E-state index in [1.165, 1.54) is 0 Å². The summed E-state index contributed by atoms with van der Waals surface area (Å²) in [5.41, 5.74) is -1.000. The van der Waals surface area contributed by atoms with Gasteiger partial charge in [0.05, 0.1) is 24.4 Å². The van der Waals surface area contributed by atoms with Crippen LogP contribution in [0.5, 0.6) is 0 Å². The molecule has 0 amide bonds. The molecule has 0 saturated carbocycles. The molecule has 0 aromatic heterocycles. The minimum absolute atomic E-state index is 0.0248. The van der Waals surface area contributed by atoms with Crippen molar-refractivity contribution in [3.8, 4) is 0 Å². The Morgan fingerprint density at radius 1 is 0.759 bits per heavy atom. The highest BCUT2D eigenvalue weighted by Gasteiger charge is 2.50. The second-order valence-electron chi connectivity index (χ2n) is 8.97. The van der Waals surface area contributed by atoms with E-state index in [-0.39, 0.29) is 30.8 Å². The molecule has 2 rings (SSSR count). The summed E-state index contributed by atoms with van der Waals surface area (Å²) in [7, 11) is 0. The van der Waals surface area contributed by atoms with Crippen molar-refractivity contribution in [2.75, 3.05) is 0 Å². The van der Waals surface area contributed by atoms with Crippen molar-refractivity contribution in [2.45, 2.75) is 128 Å². The fraction of sp³-hybridized carbons (Fsp3) is 0.913. The van der Waals surface area contributed by atoms with Crippen molar-refractivity contribution < 1.29 is 29.3 Å². The Bertz CT molecular complexity index is 493. The molecule has 2 aliphatic rings. The van der Waals surface area contributed by atoms with Crippen LogP contribution >= 0.6 is 0 Å². The minimum Gasteiger partial charge on any atom is -0.550 e. The third kappa shape index (κ3) is 8.25. The lowest BCUT2D eigenvalue weighted by atomic mass is 9.73. The van der Waals surface area contributed by atoms with E-state index in [4.69, 9.17) is 9.47 Å². The molecule has 0 radical (unpaired) electrons. The fourth-order valence-corrected chi connectivity index (χ4v) is 4.48. The fourth-order valence-electron chi connectivity index (χ4n) is 4.48. The van der Waals surface area contributed by atoms with Crippen LogP contribution in [0.25, 0.3) is 0 Å². The van der Waals surface area contributed by atoms with Crippen LogP contribution in [0.15, 0.2) is 0 Å². The Morgan fingerprint density at radius 3 is 1.69 bits per heavy atom. The van der Waals surface area contributed by atoms with Gasteiger partial charge in [0.1, 0.15) is 0 Å². The van der Waals surface area contributed by atoms with Gasteiger partial charge in [-0.2, -0.15) is 0 Å². The number of epoxide rings is 2. The molecule has 0 N–H and O–H groups in total. The van der Waals surface area contributed by atoms with E-state index in [1.807, 2.05) is 0 Å². The normalized spacial score (nSPS) is 27.4. The number of carboxylic acids is 2. The summed E-state index contributed by atoms with van der Waals surface area (Å²) in [4.78, 5) is 22.9. The van der Waals surface area contributed by atoms with Crippen molar-refractivity contribution in [1.29, 1.82) is 0 Å². The highest BCUT2D eigenvalue weighted by Crippen LogP contribution is 2.46. The maximum absolute atomic E-state index is 12.3. The van der Waals surface area contributed by atoms with Gasteiger partial charge in [-0.15, -0.1) is 0 Å². The standard InChI is InChI=1S/C23H40O6/c1-3-5-7-11-17-19(28-17)15-23(22(26)27,14-10-9-13-21(24)25)16-20-18(29-20)12-8-6-4-2/h17-20H,3-16H2,1-2H3,(H,24,25)(H,26,27)/p-2. The van der Waals surface area contributed by atoms with Gasteiger partial charge in [0, 0.05) is 17.4 Å². The number of rotatable bonds is 18. The summed E-state index contributed by atoms with van der Waals surface area (Å²) >= 11 is 0. The van der Waals surface area contributed by atoms with Gasteiger partial charge >= 0.3 is 0 Å². The largest absolute Gasteiger partial charge is 0.550 e. The number of carboxylic acid groups (broad SMARTS) is 2. The Labute approximate surface area is 175 Å². The van der Waals surface area contributed by atoms with Crippen LogP contribution in [0, 0.1) is 5.41 Å². The molecular weight excluding hydrogens is 372 g/mol. The maximum atomic E-state index is 12.3. The SMILES string of the molecule is CCCCCC1OC1CC(CCCCC(=O)[O-])(CC1OC1CCCCC)C(=O)[O-]. The molecule has 29 heavy (non-hydrogen) atoms. The molecule has 2 aliphatic heterocycles. The summed E-state index contributed by atoms with van der Waals surface area (Å²) in [6.07, 6.45) is 11.3. The monoisotopic (exact) mass is 410 g/mol. The number of carbonyl (C=O) groups excluding carboxylic acids is 2. The van der Waals surface area contributed by atoms with Crippen LogP contribution in [0.4, 0.5) is 0 Å². The molecule has 2 heterocycles. The Hall–Kier alpha value is -1.14. The maximum Gasteiger partial charge on any atom is 0.0850 e. The number of ether oxygens (including phenoxy) is 2. The number of hydrogen-bond acceptors (Lipinski definition) is 6. The first-order chi connectivity index (χ1) is 13.9. The van der Waals surface area contributed by atoms with Crippen molar-refractivity contribution >= 4 is 11.9 Å². The van der Waals surface area contributed by atoms with Crippen molar-refractivity contribution in [3.05, 3.63) is 0 Å². The molecule has 168 valence electrons. The minimum atomic E-state index is -1.09. The number of carbonyl (C=O) groups is 2. The van der Waals surface area contributed by atoms with Crippen molar-refractivity contribution in [1.82, 2.24) is 0 Å². The average Bonchev–Trinajstić information content (AvgIpc) is 3.57. The van der Waals surface area contributed by atoms with Crippen molar-refractivity contribution in [2.24, 2.45) is 5.41 Å². The first kappa shape index (κ1) is 24.1. The lowest BCUT2D eigenvalue weighted by Crippen LogP contribution is -2.44. The molecule has 0 aliphatic carbocycles. The first-order valence-electron chi connectivity index (χ1n) is 11.6.